The smallest absolute Gasteiger partial charge is 0.251 e. The number of rotatable bonds is 12. The Hall–Kier alpha value is -1.26. The predicted molar refractivity (Wildman–Crippen MR) is 104 cm³/mol. The Bertz CT molecular complexity index is 492. The fourth-order valence-corrected chi connectivity index (χ4v) is 2.67. The molecule has 0 saturated carbocycles. The van der Waals surface area contributed by atoms with Crippen molar-refractivity contribution in [3.05, 3.63) is 28.8 Å². The monoisotopic (exact) mass is 353 g/mol. The number of unbranched alkanes of at least 4 members (excludes halogenated alkanes) is 5. The fraction of sp³-hybridized carbons (Fsp3) is 0.632. The Balaban J connectivity index is 2.34. The third-order valence-electron chi connectivity index (χ3n) is 3.92. The number of amides is 1. The minimum atomic E-state index is -0.0822. The first-order chi connectivity index (χ1) is 11.5. The van der Waals surface area contributed by atoms with E-state index in [1.165, 1.54) is 32.1 Å². The van der Waals surface area contributed by atoms with Crippen LogP contribution in [0.1, 0.15) is 55.8 Å². The van der Waals surface area contributed by atoms with Crippen LogP contribution in [0.25, 0.3) is 0 Å². The standard InChI is InChI=1S/C19H32ClN3O/c1-4-5-6-7-8-9-12-21-18-11-10-16(15-17(18)20)19(24)22-13-14-23(2)3/h10-11,15,21H,4-9,12-14H2,1-3H3,(H,22,24). The van der Waals surface area contributed by atoms with Gasteiger partial charge in [0.05, 0.1) is 10.7 Å². The summed E-state index contributed by atoms with van der Waals surface area (Å²) in [6.45, 7) is 4.59. The molecular formula is C19H32ClN3O. The number of carbonyl (C=O) groups excluding carboxylic acids is 1. The lowest BCUT2D eigenvalue weighted by molar-refractivity contribution is 0.0951. The average Bonchev–Trinajstić information content (AvgIpc) is 2.54. The molecule has 4 nitrogen and oxygen atoms in total. The molecule has 5 heteroatoms. The van der Waals surface area contributed by atoms with Crippen LogP contribution < -0.4 is 10.6 Å². The van der Waals surface area contributed by atoms with E-state index in [0.717, 1.165) is 25.2 Å². The molecule has 0 atom stereocenters. The number of anilines is 1. The molecule has 0 aromatic heterocycles. The second-order valence-corrected chi connectivity index (χ2v) is 6.86. The van der Waals surface area contributed by atoms with Crippen LogP contribution in [0, 0.1) is 0 Å². The lowest BCUT2D eigenvalue weighted by Crippen LogP contribution is -2.31. The Morgan fingerprint density at radius 1 is 1.08 bits per heavy atom. The highest BCUT2D eigenvalue weighted by molar-refractivity contribution is 6.33. The Labute approximate surface area is 151 Å². The van der Waals surface area contributed by atoms with Gasteiger partial charge in [-0.3, -0.25) is 4.79 Å². The van der Waals surface area contributed by atoms with Gasteiger partial charge in [0.15, 0.2) is 0 Å². The highest BCUT2D eigenvalue weighted by Crippen LogP contribution is 2.23. The van der Waals surface area contributed by atoms with Gasteiger partial charge in [-0.05, 0) is 38.7 Å². The molecule has 2 N–H and O–H groups in total. The lowest BCUT2D eigenvalue weighted by atomic mass is 10.1. The van der Waals surface area contributed by atoms with Crippen molar-refractivity contribution in [3.8, 4) is 0 Å². The van der Waals surface area contributed by atoms with Crippen molar-refractivity contribution in [1.82, 2.24) is 10.2 Å². The minimum Gasteiger partial charge on any atom is -0.384 e. The summed E-state index contributed by atoms with van der Waals surface area (Å²) in [6, 6.07) is 5.44. The van der Waals surface area contributed by atoms with Crippen LogP contribution in [0.2, 0.25) is 5.02 Å². The molecule has 1 rings (SSSR count). The summed E-state index contributed by atoms with van der Waals surface area (Å²) >= 11 is 6.29. The highest BCUT2D eigenvalue weighted by Gasteiger charge is 2.08. The summed E-state index contributed by atoms with van der Waals surface area (Å²) in [5.41, 5.74) is 1.50. The zero-order chi connectivity index (χ0) is 17.8. The summed E-state index contributed by atoms with van der Waals surface area (Å²) in [5, 5.41) is 6.85. The molecule has 1 aromatic rings. The molecule has 0 heterocycles. The van der Waals surface area contributed by atoms with Crippen LogP contribution in [0.4, 0.5) is 5.69 Å². The van der Waals surface area contributed by atoms with Crippen molar-refractivity contribution in [2.75, 3.05) is 39.0 Å². The predicted octanol–water partition coefficient (Wildman–Crippen LogP) is 4.40. The van der Waals surface area contributed by atoms with E-state index in [4.69, 9.17) is 11.6 Å². The van der Waals surface area contributed by atoms with E-state index in [1.807, 2.05) is 31.1 Å². The highest BCUT2D eigenvalue weighted by atomic mass is 35.5. The van der Waals surface area contributed by atoms with Crippen LogP contribution in [0.15, 0.2) is 18.2 Å². The number of carbonyl (C=O) groups is 1. The van der Waals surface area contributed by atoms with Crippen molar-refractivity contribution < 1.29 is 4.79 Å². The van der Waals surface area contributed by atoms with E-state index in [-0.39, 0.29) is 5.91 Å². The maximum atomic E-state index is 12.1. The maximum Gasteiger partial charge on any atom is 0.251 e. The molecular weight excluding hydrogens is 322 g/mol. The van der Waals surface area contributed by atoms with E-state index in [1.54, 1.807) is 6.07 Å². The first kappa shape index (κ1) is 20.8. The summed E-state index contributed by atoms with van der Waals surface area (Å²) in [6.07, 6.45) is 7.63. The van der Waals surface area contributed by atoms with Gasteiger partial charge in [0.1, 0.15) is 0 Å². The van der Waals surface area contributed by atoms with E-state index < -0.39 is 0 Å². The number of hydrogen-bond donors (Lipinski definition) is 2. The minimum absolute atomic E-state index is 0.0822. The van der Waals surface area contributed by atoms with E-state index in [2.05, 4.69) is 17.6 Å². The van der Waals surface area contributed by atoms with E-state index in [9.17, 15) is 4.79 Å². The van der Waals surface area contributed by atoms with Gasteiger partial charge in [0, 0.05) is 25.2 Å². The fourth-order valence-electron chi connectivity index (χ4n) is 2.42. The van der Waals surface area contributed by atoms with Gasteiger partial charge in [0.25, 0.3) is 5.91 Å². The topological polar surface area (TPSA) is 44.4 Å². The van der Waals surface area contributed by atoms with Crippen LogP contribution >= 0.6 is 11.6 Å². The van der Waals surface area contributed by atoms with Crippen molar-refractivity contribution in [1.29, 1.82) is 0 Å². The molecule has 0 fully saturated rings. The summed E-state index contributed by atoms with van der Waals surface area (Å²) in [4.78, 5) is 14.1. The lowest BCUT2D eigenvalue weighted by Gasteiger charge is -2.12. The number of benzene rings is 1. The Morgan fingerprint density at radius 3 is 2.46 bits per heavy atom. The number of hydrogen-bond acceptors (Lipinski definition) is 3. The van der Waals surface area contributed by atoms with Crippen molar-refractivity contribution in [3.63, 3.8) is 0 Å². The Kier molecular flexibility index (Phi) is 10.5. The van der Waals surface area contributed by atoms with Gasteiger partial charge in [-0.15, -0.1) is 0 Å². The first-order valence-corrected chi connectivity index (χ1v) is 9.38. The zero-order valence-electron chi connectivity index (χ0n) is 15.3. The summed E-state index contributed by atoms with van der Waals surface area (Å²) < 4.78 is 0. The first-order valence-electron chi connectivity index (χ1n) is 9.01. The van der Waals surface area contributed by atoms with Crippen LogP contribution in [-0.2, 0) is 0 Å². The molecule has 136 valence electrons. The maximum absolute atomic E-state index is 12.1. The second kappa shape index (κ2) is 12.2. The quantitative estimate of drug-likeness (QED) is 0.547. The van der Waals surface area contributed by atoms with Crippen LogP contribution in [0.3, 0.4) is 0 Å². The number of nitrogens with zero attached hydrogens (tertiary/aromatic N) is 1. The largest absolute Gasteiger partial charge is 0.384 e. The third kappa shape index (κ3) is 8.55. The summed E-state index contributed by atoms with van der Waals surface area (Å²) in [7, 11) is 3.96. The number of nitrogens with one attached hydrogen (secondary N) is 2. The van der Waals surface area contributed by atoms with Crippen molar-refractivity contribution >= 4 is 23.2 Å². The Morgan fingerprint density at radius 2 is 1.79 bits per heavy atom. The van der Waals surface area contributed by atoms with E-state index >= 15 is 0 Å². The van der Waals surface area contributed by atoms with Crippen LogP contribution in [0.5, 0.6) is 0 Å². The molecule has 0 aliphatic carbocycles. The normalized spacial score (nSPS) is 10.9. The van der Waals surface area contributed by atoms with Crippen molar-refractivity contribution in [2.45, 2.75) is 45.4 Å². The molecule has 0 aliphatic heterocycles. The molecule has 0 bridgehead atoms. The van der Waals surface area contributed by atoms with Gasteiger partial charge in [-0.2, -0.15) is 0 Å². The number of halogens is 1. The van der Waals surface area contributed by atoms with Gasteiger partial charge in [-0.25, -0.2) is 0 Å². The molecule has 0 saturated heterocycles. The van der Waals surface area contributed by atoms with Gasteiger partial charge < -0.3 is 15.5 Å². The molecule has 0 aliphatic rings. The molecule has 0 unspecified atom stereocenters. The molecule has 0 radical (unpaired) electrons. The van der Waals surface area contributed by atoms with Gasteiger partial charge in [-0.1, -0.05) is 50.6 Å². The van der Waals surface area contributed by atoms with Crippen molar-refractivity contribution in [2.24, 2.45) is 0 Å². The molecule has 1 amide bonds. The zero-order valence-corrected chi connectivity index (χ0v) is 16.1. The van der Waals surface area contributed by atoms with E-state index in [0.29, 0.717) is 17.1 Å². The van der Waals surface area contributed by atoms with Gasteiger partial charge in [0.2, 0.25) is 0 Å². The summed E-state index contributed by atoms with van der Waals surface area (Å²) in [5.74, 6) is -0.0822. The molecule has 24 heavy (non-hydrogen) atoms. The molecule has 0 spiro atoms. The van der Waals surface area contributed by atoms with Crippen LogP contribution in [-0.4, -0.2) is 44.5 Å². The SMILES string of the molecule is CCCCCCCCNc1ccc(C(=O)NCCN(C)C)cc1Cl. The second-order valence-electron chi connectivity index (χ2n) is 6.45. The third-order valence-corrected chi connectivity index (χ3v) is 4.23. The number of likely N-dealkylation sites (N-methyl/N-ethyl adjacent to an activating group) is 1. The average molecular weight is 354 g/mol. The molecule has 1 aromatic carbocycles. The van der Waals surface area contributed by atoms with Gasteiger partial charge >= 0.3 is 0 Å².